The molecule has 2 heteroatoms. The van der Waals surface area contributed by atoms with E-state index in [4.69, 9.17) is 4.74 Å². The fourth-order valence-corrected chi connectivity index (χ4v) is 2.26. The number of unbranched alkanes of at least 4 members (excludes halogenated alkanes) is 6. The van der Waals surface area contributed by atoms with E-state index in [2.05, 4.69) is 15.9 Å². The molecule has 0 saturated heterocycles. The molecular weight excluding hydrogens is 252 g/mol. The first-order valence-corrected chi connectivity index (χ1v) is 7.73. The Morgan fingerprint density at radius 2 is 1.47 bits per heavy atom. The smallest absolute Gasteiger partial charge is 0.0575 e. The molecule has 0 atom stereocenters. The molecular formula is C13H25BrO. The van der Waals surface area contributed by atoms with Crippen LogP contribution in [0.2, 0.25) is 0 Å². The molecule has 0 radical (unpaired) electrons. The summed E-state index contributed by atoms with van der Waals surface area (Å²) < 4.78 is 5.72. The van der Waals surface area contributed by atoms with Crippen molar-refractivity contribution < 1.29 is 4.74 Å². The van der Waals surface area contributed by atoms with Crippen LogP contribution in [0.25, 0.3) is 0 Å². The highest BCUT2D eigenvalue weighted by Gasteiger charge is 2.16. The fraction of sp³-hybridized carbons (Fsp3) is 1.00. The topological polar surface area (TPSA) is 9.23 Å². The maximum atomic E-state index is 5.72. The minimum Gasteiger partial charge on any atom is -0.378 e. The third kappa shape index (κ3) is 7.35. The molecule has 0 aliphatic heterocycles. The van der Waals surface area contributed by atoms with Crippen molar-refractivity contribution in [2.45, 2.75) is 70.3 Å². The van der Waals surface area contributed by atoms with Crippen molar-refractivity contribution in [1.82, 2.24) is 0 Å². The van der Waals surface area contributed by atoms with Crippen LogP contribution >= 0.6 is 15.9 Å². The third-order valence-electron chi connectivity index (χ3n) is 3.18. The van der Waals surface area contributed by atoms with Crippen LogP contribution in [0.1, 0.15) is 64.2 Å². The molecule has 1 saturated carbocycles. The Morgan fingerprint density at radius 3 is 2.00 bits per heavy atom. The monoisotopic (exact) mass is 276 g/mol. The number of rotatable bonds is 10. The lowest BCUT2D eigenvalue weighted by Gasteiger charge is -2.25. The molecule has 1 rings (SSSR count). The van der Waals surface area contributed by atoms with E-state index in [0.717, 1.165) is 6.61 Å². The summed E-state index contributed by atoms with van der Waals surface area (Å²) in [6.45, 7) is 1.01. The summed E-state index contributed by atoms with van der Waals surface area (Å²) in [5.41, 5.74) is 0. The molecule has 1 nitrogen and oxygen atoms in total. The lowest BCUT2D eigenvalue weighted by Crippen LogP contribution is -2.21. The van der Waals surface area contributed by atoms with Gasteiger partial charge in [0.05, 0.1) is 6.10 Å². The Bertz CT molecular complexity index is 134. The highest BCUT2D eigenvalue weighted by molar-refractivity contribution is 9.09. The second kappa shape index (κ2) is 9.65. The highest BCUT2D eigenvalue weighted by Crippen LogP contribution is 2.22. The van der Waals surface area contributed by atoms with E-state index < -0.39 is 0 Å². The molecule has 0 unspecified atom stereocenters. The van der Waals surface area contributed by atoms with Crippen molar-refractivity contribution >= 4 is 15.9 Å². The van der Waals surface area contributed by atoms with Crippen LogP contribution in [0.5, 0.6) is 0 Å². The number of ether oxygens (including phenoxy) is 1. The zero-order chi connectivity index (χ0) is 10.8. The first-order chi connectivity index (χ1) is 7.43. The van der Waals surface area contributed by atoms with Crippen molar-refractivity contribution in [2.24, 2.45) is 0 Å². The Labute approximate surface area is 103 Å². The van der Waals surface area contributed by atoms with Crippen LogP contribution in [0.3, 0.4) is 0 Å². The normalized spacial score (nSPS) is 16.6. The minimum absolute atomic E-state index is 0.629. The third-order valence-corrected chi connectivity index (χ3v) is 3.74. The van der Waals surface area contributed by atoms with Crippen molar-refractivity contribution in [3.05, 3.63) is 0 Å². The number of hydrogen-bond donors (Lipinski definition) is 0. The van der Waals surface area contributed by atoms with Gasteiger partial charge in [0.25, 0.3) is 0 Å². The largest absolute Gasteiger partial charge is 0.378 e. The first-order valence-electron chi connectivity index (χ1n) is 6.61. The molecule has 0 heterocycles. The summed E-state index contributed by atoms with van der Waals surface area (Å²) in [7, 11) is 0. The number of hydrogen-bond acceptors (Lipinski definition) is 1. The highest BCUT2D eigenvalue weighted by atomic mass is 79.9. The maximum Gasteiger partial charge on any atom is 0.0575 e. The zero-order valence-electron chi connectivity index (χ0n) is 9.85. The van der Waals surface area contributed by atoms with Gasteiger partial charge in [0, 0.05) is 11.9 Å². The standard InChI is InChI=1S/C13H25BrO/c14-11-6-4-2-1-3-5-7-12-15-13-9-8-10-13/h13H,1-12H2. The zero-order valence-corrected chi connectivity index (χ0v) is 11.4. The predicted molar refractivity (Wildman–Crippen MR) is 69.7 cm³/mol. The maximum absolute atomic E-state index is 5.72. The Hall–Kier alpha value is 0.440. The van der Waals surface area contributed by atoms with E-state index in [1.807, 2.05) is 0 Å². The molecule has 0 aromatic carbocycles. The lowest BCUT2D eigenvalue weighted by molar-refractivity contribution is 0.000615. The van der Waals surface area contributed by atoms with Gasteiger partial charge >= 0.3 is 0 Å². The van der Waals surface area contributed by atoms with Crippen LogP contribution in [0.4, 0.5) is 0 Å². The molecule has 0 aromatic heterocycles. The molecule has 1 aliphatic carbocycles. The van der Waals surface area contributed by atoms with Gasteiger partial charge in [-0.25, -0.2) is 0 Å². The second-order valence-electron chi connectivity index (χ2n) is 4.59. The van der Waals surface area contributed by atoms with Crippen LogP contribution in [0, 0.1) is 0 Å². The molecule has 1 aliphatic rings. The van der Waals surface area contributed by atoms with E-state index in [1.165, 1.54) is 69.5 Å². The molecule has 90 valence electrons. The van der Waals surface area contributed by atoms with Gasteiger partial charge < -0.3 is 4.74 Å². The summed E-state index contributed by atoms with van der Waals surface area (Å²) in [6, 6.07) is 0. The second-order valence-corrected chi connectivity index (χ2v) is 5.38. The van der Waals surface area contributed by atoms with Crippen LogP contribution < -0.4 is 0 Å². The molecule has 0 amide bonds. The van der Waals surface area contributed by atoms with Gasteiger partial charge in [-0.15, -0.1) is 0 Å². The van der Waals surface area contributed by atoms with Crippen LogP contribution in [0.15, 0.2) is 0 Å². The molecule has 1 fully saturated rings. The molecule has 0 spiro atoms. The van der Waals surface area contributed by atoms with Gasteiger partial charge in [-0.05, 0) is 32.1 Å². The van der Waals surface area contributed by atoms with E-state index in [1.54, 1.807) is 0 Å². The van der Waals surface area contributed by atoms with E-state index in [-0.39, 0.29) is 0 Å². The molecule has 0 bridgehead atoms. The summed E-state index contributed by atoms with van der Waals surface area (Å²) in [6.07, 6.45) is 14.2. The fourth-order valence-electron chi connectivity index (χ4n) is 1.87. The number of halogens is 1. The van der Waals surface area contributed by atoms with Crippen molar-refractivity contribution in [3.63, 3.8) is 0 Å². The van der Waals surface area contributed by atoms with E-state index >= 15 is 0 Å². The molecule has 0 N–H and O–H groups in total. The van der Waals surface area contributed by atoms with Crippen LogP contribution in [-0.2, 0) is 4.74 Å². The average molecular weight is 277 g/mol. The van der Waals surface area contributed by atoms with Crippen molar-refractivity contribution in [2.75, 3.05) is 11.9 Å². The van der Waals surface area contributed by atoms with Crippen molar-refractivity contribution in [3.8, 4) is 0 Å². The first kappa shape index (κ1) is 13.5. The average Bonchev–Trinajstić information content (AvgIpc) is 2.18. The minimum atomic E-state index is 0.629. The van der Waals surface area contributed by atoms with Gasteiger partial charge in [0.1, 0.15) is 0 Å². The summed E-state index contributed by atoms with van der Waals surface area (Å²) in [5.74, 6) is 0. The van der Waals surface area contributed by atoms with Gasteiger partial charge in [0.2, 0.25) is 0 Å². The molecule has 0 aromatic rings. The Kier molecular flexibility index (Phi) is 8.69. The summed E-state index contributed by atoms with van der Waals surface area (Å²) in [4.78, 5) is 0. The quantitative estimate of drug-likeness (QED) is 0.416. The molecule has 15 heavy (non-hydrogen) atoms. The van der Waals surface area contributed by atoms with Crippen molar-refractivity contribution in [1.29, 1.82) is 0 Å². The van der Waals surface area contributed by atoms with Gasteiger partial charge in [0.15, 0.2) is 0 Å². The lowest BCUT2D eigenvalue weighted by atomic mass is 9.96. The predicted octanol–water partition coefficient (Wildman–Crippen LogP) is 4.68. The number of alkyl halides is 1. The van der Waals surface area contributed by atoms with E-state index in [0.29, 0.717) is 6.10 Å². The van der Waals surface area contributed by atoms with Crippen LogP contribution in [-0.4, -0.2) is 18.0 Å². The van der Waals surface area contributed by atoms with E-state index in [9.17, 15) is 0 Å². The van der Waals surface area contributed by atoms with Gasteiger partial charge in [-0.3, -0.25) is 0 Å². The van der Waals surface area contributed by atoms with Gasteiger partial charge in [-0.2, -0.15) is 0 Å². The summed E-state index contributed by atoms with van der Waals surface area (Å²) >= 11 is 3.46. The Balaban J connectivity index is 1.66. The van der Waals surface area contributed by atoms with Gasteiger partial charge in [-0.1, -0.05) is 48.0 Å². The summed E-state index contributed by atoms with van der Waals surface area (Å²) in [5, 5.41) is 1.17. The Morgan fingerprint density at radius 1 is 0.867 bits per heavy atom. The SMILES string of the molecule is BrCCCCCCCCCOC1CCC1.